The summed E-state index contributed by atoms with van der Waals surface area (Å²) in [5, 5.41) is 7.28. The van der Waals surface area contributed by atoms with Crippen molar-refractivity contribution >= 4 is 11.8 Å². The Hall–Kier alpha value is -1.73. The van der Waals surface area contributed by atoms with E-state index < -0.39 is 0 Å². The van der Waals surface area contributed by atoms with Crippen molar-refractivity contribution in [3.8, 4) is 5.75 Å². The van der Waals surface area contributed by atoms with Crippen LogP contribution in [0.4, 0.5) is 0 Å². The third-order valence-corrected chi connectivity index (χ3v) is 4.05. The Morgan fingerprint density at radius 1 is 1.23 bits per heavy atom. The van der Waals surface area contributed by atoms with Crippen LogP contribution in [0.2, 0.25) is 0 Å². The summed E-state index contributed by atoms with van der Waals surface area (Å²) in [4.78, 5) is 11.7. The Bertz CT molecular complexity index is 598. The number of H-pyrrole nitrogens is 1. The number of nitrogens with one attached hydrogen (secondary N) is 1. The molecule has 120 valence electrons. The number of methoxy groups -OCH3 is 1. The summed E-state index contributed by atoms with van der Waals surface area (Å²) < 4.78 is 12.3. The minimum atomic E-state index is -0.167. The molecule has 0 amide bonds. The van der Waals surface area contributed by atoms with Crippen molar-refractivity contribution in [2.24, 2.45) is 0 Å². The summed E-state index contributed by atoms with van der Waals surface area (Å²) in [7, 11) is 1.65. The highest BCUT2D eigenvalue weighted by atomic mass is 32.2. The SMILES string of the molecule is COCCCn1c(SCCCOc2ccccc2)n[nH]c1=O. The van der Waals surface area contributed by atoms with E-state index in [1.165, 1.54) is 0 Å². The molecule has 0 fully saturated rings. The van der Waals surface area contributed by atoms with Crippen molar-refractivity contribution in [1.29, 1.82) is 0 Å². The molecular formula is C15H21N3O3S. The lowest BCUT2D eigenvalue weighted by molar-refractivity contribution is 0.189. The number of hydrogen-bond acceptors (Lipinski definition) is 5. The summed E-state index contributed by atoms with van der Waals surface area (Å²) in [6.45, 7) is 1.90. The van der Waals surface area contributed by atoms with Crippen molar-refractivity contribution < 1.29 is 9.47 Å². The zero-order chi connectivity index (χ0) is 15.6. The van der Waals surface area contributed by atoms with Crippen LogP contribution in [0.25, 0.3) is 0 Å². The Balaban J connectivity index is 1.71. The van der Waals surface area contributed by atoms with Crippen LogP contribution >= 0.6 is 11.8 Å². The molecule has 0 atom stereocenters. The van der Waals surface area contributed by atoms with Crippen LogP contribution in [0.3, 0.4) is 0 Å². The molecule has 0 aliphatic rings. The fourth-order valence-electron chi connectivity index (χ4n) is 1.91. The van der Waals surface area contributed by atoms with Crippen LogP contribution in [0.5, 0.6) is 5.75 Å². The number of aromatic amines is 1. The lowest BCUT2D eigenvalue weighted by Crippen LogP contribution is -2.18. The van der Waals surface area contributed by atoms with Crippen molar-refractivity contribution in [3.63, 3.8) is 0 Å². The van der Waals surface area contributed by atoms with E-state index in [2.05, 4.69) is 10.2 Å². The molecule has 0 spiro atoms. The van der Waals surface area contributed by atoms with Gasteiger partial charge in [0.05, 0.1) is 6.61 Å². The first-order chi connectivity index (χ1) is 10.8. The zero-order valence-electron chi connectivity index (χ0n) is 12.7. The minimum absolute atomic E-state index is 0.167. The molecule has 2 aromatic rings. The number of benzene rings is 1. The van der Waals surface area contributed by atoms with Gasteiger partial charge in [-0.1, -0.05) is 30.0 Å². The number of hydrogen-bond donors (Lipinski definition) is 1. The third-order valence-electron chi connectivity index (χ3n) is 2.99. The Morgan fingerprint density at radius 3 is 2.82 bits per heavy atom. The molecule has 0 bridgehead atoms. The second-order valence-electron chi connectivity index (χ2n) is 4.67. The Labute approximate surface area is 133 Å². The molecule has 7 heteroatoms. The van der Waals surface area contributed by atoms with Crippen LogP contribution in [0.15, 0.2) is 40.3 Å². The van der Waals surface area contributed by atoms with Gasteiger partial charge in [0.15, 0.2) is 5.16 Å². The summed E-state index contributed by atoms with van der Waals surface area (Å²) in [6, 6.07) is 9.74. The highest BCUT2D eigenvalue weighted by molar-refractivity contribution is 7.99. The lowest BCUT2D eigenvalue weighted by atomic mass is 10.3. The normalized spacial score (nSPS) is 10.8. The monoisotopic (exact) mass is 323 g/mol. The van der Waals surface area contributed by atoms with E-state index in [4.69, 9.17) is 9.47 Å². The number of thioether (sulfide) groups is 1. The predicted octanol–water partition coefficient (Wildman–Crippen LogP) is 2.17. The van der Waals surface area contributed by atoms with Gasteiger partial charge in [-0.3, -0.25) is 4.57 Å². The molecule has 0 radical (unpaired) electrons. The van der Waals surface area contributed by atoms with E-state index in [9.17, 15) is 4.79 Å². The maximum Gasteiger partial charge on any atom is 0.343 e. The van der Waals surface area contributed by atoms with Crippen molar-refractivity contribution in [2.45, 2.75) is 24.5 Å². The largest absolute Gasteiger partial charge is 0.494 e. The molecule has 0 unspecified atom stereocenters. The van der Waals surface area contributed by atoms with Gasteiger partial charge in [-0.25, -0.2) is 9.89 Å². The minimum Gasteiger partial charge on any atom is -0.494 e. The number of rotatable bonds is 10. The molecule has 1 heterocycles. The average Bonchev–Trinajstić information content (AvgIpc) is 2.89. The molecular weight excluding hydrogens is 302 g/mol. The molecule has 2 rings (SSSR count). The molecule has 0 aliphatic heterocycles. The van der Waals surface area contributed by atoms with E-state index in [0.717, 1.165) is 29.5 Å². The summed E-state index contributed by atoms with van der Waals surface area (Å²) in [6.07, 6.45) is 1.68. The standard InChI is InChI=1S/C15H21N3O3S/c1-20-10-5-9-18-14(19)16-17-15(18)22-12-6-11-21-13-7-3-2-4-8-13/h2-4,7-8H,5-6,9-12H2,1H3,(H,16,19). The Kier molecular flexibility index (Phi) is 7.05. The number of para-hydroxylation sites is 1. The first kappa shape index (κ1) is 16.6. The van der Waals surface area contributed by atoms with Crippen molar-refractivity contribution in [1.82, 2.24) is 14.8 Å². The van der Waals surface area contributed by atoms with Gasteiger partial charge in [-0.2, -0.15) is 0 Å². The summed E-state index contributed by atoms with van der Waals surface area (Å²) >= 11 is 1.56. The maximum atomic E-state index is 11.7. The number of nitrogens with zero attached hydrogens (tertiary/aromatic N) is 2. The molecule has 0 aliphatic carbocycles. The average molecular weight is 323 g/mol. The van der Waals surface area contributed by atoms with E-state index in [1.807, 2.05) is 30.3 Å². The highest BCUT2D eigenvalue weighted by Crippen LogP contribution is 2.15. The summed E-state index contributed by atoms with van der Waals surface area (Å²) in [5.74, 6) is 1.73. The van der Waals surface area contributed by atoms with Gasteiger partial charge in [0.25, 0.3) is 0 Å². The van der Waals surface area contributed by atoms with Gasteiger partial charge < -0.3 is 9.47 Å². The van der Waals surface area contributed by atoms with E-state index in [1.54, 1.807) is 23.4 Å². The zero-order valence-corrected chi connectivity index (χ0v) is 13.5. The van der Waals surface area contributed by atoms with Gasteiger partial charge in [0, 0.05) is 26.0 Å². The molecule has 1 N–H and O–H groups in total. The topological polar surface area (TPSA) is 69.1 Å². The van der Waals surface area contributed by atoms with Crippen LogP contribution in [-0.2, 0) is 11.3 Å². The predicted molar refractivity (Wildman–Crippen MR) is 86.6 cm³/mol. The fourth-order valence-corrected chi connectivity index (χ4v) is 2.79. The molecule has 1 aromatic heterocycles. The van der Waals surface area contributed by atoms with Crippen molar-refractivity contribution in [2.75, 3.05) is 26.1 Å². The third kappa shape index (κ3) is 5.23. The first-order valence-corrected chi connectivity index (χ1v) is 8.24. The van der Waals surface area contributed by atoms with Crippen LogP contribution in [0, 0.1) is 0 Å². The van der Waals surface area contributed by atoms with Gasteiger partial charge in [0.1, 0.15) is 5.75 Å². The highest BCUT2D eigenvalue weighted by Gasteiger charge is 2.08. The molecule has 0 saturated heterocycles. The number of ether oxygens (including phenoxy) is 2. The van der Waals surface area contributed by atoms with Crippen LogP contribution < -0.4 is 10.4 Å². The summed E-state index contributed by atoms with van der Waals surface area (Å²) in [5.41, 5.74) is -0.167. The van der Waals surface area contributed by atoms with Crippen molar-refractivity contribution in [3.05, 3.63) is 40.8 Å². The van der Waals surface area contributed by atoms with Gasteiger partial charge in [0.2, 0.25) is 0 Å². The van der Waals surface area contributed by atoms with Crippen LogP contribution in [0.1, 0.15) is 12.8 Å². The van der Waals surface area contributed by atoms with E-state index >= 15 is 0 Å². The quantitative estimate of drug-likeness (QED) is 0.536. The van der Waals surface area contributed by atoms with Gasteiger partial charge >= 0.3 is 5.69 Å². The van der Waals surface area contributed by atoms with Crippen LogP contribution in [-0.4, -0.2) is 40.8 Å². The second kappa shape index (κ2) is 9.32. The van der Waals surface area contributed by atoms with Gasteiger partial charge in [-0.05, 0) is 25.0 Å². The fraction of sp³-hybridized carbons (Fsp3) is 0.467. The number of aromatic nitrogens is 3. The Morgan fingerprint density at radius 2 is 2.05 bits per heavy atom. The smallest absolute Gasteiger partial charge is 0.343 e. The van der Waals surface area contributed by atoms with E-state index in [-0.39, 0.29) is 5.69 Å². The second-order valence-corrected chi connectivity index (χ2v) is 5.73. The molecule has 22 heavy (non-hydrogen) atoms. The van der Waals surface area contributed by atoms with E-state index in [0.29, 0.717) is 19.8 Å². The molecule has 6 nitrogen and oxygen atoms in total. The first-order valence-electron chi connectivity index (χ1n) is 7.26. The molecule has 0 saturated carbocycles. The molecule has 1 aromatic carbocycles. The van der Waals surface area contributed by atoms with Gasteiger partial charge in [-0.15, -0.1) is 5.10 Å². The lowest BCUT2D eigenvalue weighted by Gasteiger charge is -2.06. The maximum absolute atomic E-state index is 11.7.